The highest BCUT2D eigenvalue weighted by Gasteiger charge is 2.64. The Morgan fingerprint density at radius 2 is 0.868 bits per heavy atom. The molecule has 0 radical (unpaired) electrons. The summed E-state index contributed by atoms with van der Waals surface area (Å²) in [6, 6.07) is 16.7. The monoisotopic (exact) mass is 1500 g/mol. The first-order valence-electron chi connectivity index (χ1n) is 36.7. The average molecular weight is 1500 g/mol. The molecule has 6 saturated heterocycles. The van der Waals surface area contributed by atoms with Gasteiger partial charge in [-0.15, -0.1) is 0 Å². The van der Waals surface area contributed by atoms with Crippen molar-refractivity contribution >= 4 is 65.8 Å². The quantitative estimate of drug-likeness (QED) is 0.0256. The number of ether oxygens (including phenoxy) is 8. The van der Waals surface area contributed by atoms with Crippen molar-refractivity contribution in [3.05, 3.63) is 71.8 Å². The van der Waals surface area contributed by atoms with Gasteiger partial charge in [0.15, 0.2) is 23.4 Å². The number of aliphatic hydroxyl groups is 3. The normalized spacial score (nSPS) is 22.1. The number of esters is 2. The maximum absolute atomic E-state index is 13.6. The van der Waals surface area contributed by atoms with Crippen molar-refractivity contribution < 1.29 is 116 Å². The molecule has 106 heavy (non-hydrogen) atoms. The van der Waals surface area contributed by atoms with Gasteiger partial charge in [0.05, 0.1) is 65.3 Å². The Hall–Kier alpha value is -8.19. The predicted molar refractivity (Wildman–Crippen MR) is 384 cm³/mol. The average Bonchev–Trinajstić information content (AvgIpc) is 1.43. The minimum absolute atomic E-state index is 0.0395. The lowest BCUT2D eigenvalue weighted by Gasteiger charge is -2.52. The molecule has 2 aromatic rings. The van der Waals surface area contributed by atoms with Gasteiger partial charge in [0.25, 0.3) is 11.8 Å². The molecule has 2 spiro atoms. The number of unbranched alkanes of at least 4 members (excludes halogenated alkanes) is 2. The Kier molecular flexibility index (Phi) is 32.2. The van der Waals surface area contributed by atoms with E-state index in [1.54, 1.807) is 83.1 Å². The molecule has 0 aromatic heterocycles. The van der Waals surface area contributed by atoms with Gasteiger partial charge in [0.1, 0.15) is 45.6 Å². The van der Waals surface area contributed by atoms with E-state index in [1.165, 1.54) is 19.6 Å². The zero-order chi connectivity index (χ0) is 79.2. The number of carbonyl (C=O) groups excluding carboxylic acids is 9. The number of carboxylic acid groups (broad SMARTS) is 2. The molecular weight excluding hydrogens is 1380 g/mol. The Morgan fingerprint density at radius 3 is 1.27 bits per heavy atom. The highest BCUT2D eigenvalue weighted by Crippen LogP contribution is 2.43. The van der Waals surface area contributed by atoms with Crippen LogP contribution in [0.25, 0.3) is 0 Å². The first-order valence-corrected chi connectivity index (χ1v) is 36.7. The molecule has 2 aromatic carbocycles. The van der Waals surface area contributed by atoms with Crippen LogP contribution in [0, 0.1) is 5.92 Å². The summed E-state index contributed by atoms with van der Waals surface area (Å²) in [5, 5.41) is 46.9. The number of likely N-dealkylation sites (tertiary alicyclic amines) is 6. The van der Waals surface area contributed by atoms with E-state index < -0.39 is 142 Å². The van der Waals surface area contributed by atoms with E-state index in [0.717, 1.165) is 53.0 Å². The summed E-state index contributed by atoms with van der Waals surface area (Å²) < 4.78 is 43.8. The Balaban J connectivity index is 0.000000264. The lowest BCUT2D eigenvalue weighted by Crippen LogP contribution is -2.76. The lowest BCUT2D eigenvalue weighted by atomic mass is 9.84. The Morgan fingerprint density at radius 1 is 0.472 bits per heavy atom. The molecule has 6 aliphatic rings. The molecule has 0 bridgehead atoms. The van der Waals surface area contributed by atoms with Crippen LogP contribution in [0.5, 0.6) is 0 Å². The molecule has 7 atom stereocenters. The van der Waals surface area contributed by atoms with Crippen LogP contribution < -0.4 is 0 Å². The summed E-state index contributed by atoms with van der Waals surface area (Å²) in [7, 11) is 0. The summed E-state index contributed by atoms with van der Waals surface area (Å²) in [5.74, 6) is -5.42. The van der Waals surface area contributed by atoms with E-state index in [1.807, 2.05) is 67.6 Å². The fraction of sp³-hybridized carbons (Fsp3) is 0.697. The van der Waals surface area contributed by atoms with Crippen molar-refractivity contribution in [2.45, 2.75) is 250 Å². The molecule has 6 heterocycles. The highest BCUT2D eigenvalue weighted by molar-refractivity contribution is 6.00. The largest absolute Gasteiger partial charge is 0.480 e. The van der Waals surface area contributed by atoms with Crippen molar-refractivity contribution in [3.63, 3.8) is 0 Å². The molecule has 0 aliphatic carbocycles. The maximum atomic E-state index is 13.6. The van der Waals surface area contributed by atoms with Crippen LogP contribution in [0.2, 0.25) is 0 Å². The first-order chi connectivity index (χ1) is 49.6. The van der Waals surface area contributed by atoms with Gasteiger partial charge >= 0.3 is 48.3 Å². The zero-order valence-corrected chi connectivity index (χ0v) is 64.5. The van der Waals surface area contributed by atoms with Crippen molar-refractivity contribution in [2.75, 3.05) is 85.5 Å². The minimum atomic E-state index is -1.53. The number of nitrogens with zero attached hydrogens (tertiary/aromatic N) is 6. The standard InChI is InChI=1S/C29H37NO7.C22H38N2O6.C14H22N2O6.C11H19NO5/c1-28(2,3)37-27(34)30-16-10-15-29(30,21-31)25(32)17-24(20-35-18-22-11-6-4-7-12-22)26(33)36-19-23-13-8-5-9-14-23;1-6-8-13-28-15-17(18(25)29-14-9-7-2)23-16-22(19(23)26)11-10-12-24(22)20(27)30-21(3,4)5;1-13(2,3)22-12(21)16-6-4-5-14(16)8-15(11(14)20)9(7-17)10(18)19;1-10(2,3)17-9(16)12-6-4-5-11(12,7-13)8(14)15/h4-9,11-14,24,31H,10,15-21H2,1-3H3;17H,6-16H2,1-5H3;9,17H,4-8H2,1-3H3,(H,18,19);13H,4-7H2,1-3H3,(H,14,15)/t24-,29?;17-,22?;9-,14?;/m000./s1. The summed E-state index contributed by atoms with van der Waals surface area (Å²) in [6.45, 7) is 26.4. The molecule has 6 fully saturated rings. The number of aliphatic hydroxyl groups excluding tert-OH is 3. The molecular formula is C76H116N6O24. The lowest BCUT2D eigenvalue weighted by molar-refractivity contribution is -0.177. The number of Topliss-reactive ketones (excluding diaryl/α,β-unsaturated/α-hetero) is 1. The van der Waals surface area contributed by atoms with Gasteiger partial charge in [-0.1, -0.05) is 87.4 Å². The van der Waals surface area contributed by atoms with Crippen LogP contribution in [0.15, 0.2) is 60.7 Å². The van der Waals surface area contributed by atoms with E-state index in [0.29, 0.717) is 71.5 Å². The van der Waals surface area contributed by atoms with Gasteiger partial charge in [-0.2, -0.15) is 0 Å². The van der Waals surface area contributed by atoms with Crippen LogP contribution in [0.3, 0.4) is 0 Å². The number of aliphatic carboxylic acids is 2. The van der Waals surface area contributed by atoms with Crippen molar-refractivity contribution in [2.24, 2.45) is 5.92 Å². The smallest absolute Gasteiger partial charge is 0.411 e. The second kappa shape index (κ2) is 38.6. The second-order valence-electron chi connectivity index (χ2n) is 31.5. The third-order valence-corrected chi connectivity index (χ3v) is 18.6. The minimum Gasteiger partial charge on any atom is -0.480 e. The number of amides is 6. The third kappa shape index (κ3) is 23.4. The first kappa shape index (κ1) is 88.4. The van der Waals surface area contributed by atoms with Gasteiger partial charge in [-0.25, -0.2) is 33.6 Å². The van der Waals surface area contributed by atoms with E-state index in [-0.39, 0.29) is 64.7 Å². The molecule has 6 aliphatic heterocycles. The summed E-state index contributed by atoms with van der Waals surface area (Å²) in [4.78, 5) is 145. The summed E-state index contributed by atoms with van der Waals surface area (Å²) in [6.07, 6.45) is 5.04. The topological polar surface area (TPSA) is 382 Å². The van der Waals surface area contributed by atoms with Gasteiger partial charge in [0.2, 0.25) is 0 Å². The summed E-state index contributed by atoms with van der Waals surface area (Å²) >= 11 is 0. The van der Waals surface area contributed by atoms with Crippen LogP contribution in [-0.2, 0) is 84.7 Å². The fourth-order valence-corrected chi connectivity index (χ4v) is 13.1. The van der Waals surface area contributed by atoms with Gasteiger partial charge in [-0.3, -0.25) is 38.8 Å². The zero-order valence-electron chi connectivity index (χ0n) is 64.5. The number of ketones is 1. The fourth-order valence-electron chi connectivity index (χ4n) is 13.1. The number of carboxylic acids is 2. The van der Waals surface area contributed by atoms with Gasteiger partial charge < -0.3 is 73.2 Å². The van der Waals surface area contributed by atoms with E-state index in [9.17, 15) is 68.1 Å². The SMILES string of the molecule is CC(C)(C)OC(=O)N1CCCC1(CO)C(=O)C[C@@H](COCc1ccccc1)C(=O)OCc1ccccc1.CC(C)(C)OC(=O)N1CCCC1(CO)C(=O)O.CC(C)(C)OC(=O)N1CCCC12CN([C@@H](CO)C(=O)O)C2=O.CCCCOC[C@@H](C(=O)OCCCC)N1CC2(CCCN2C(=O)OC(C)(C)C)C1=O. The third-order valence-electron chi connectivity index (χ3n) is 18.6. The van der Waals surface area contributed by atoms with E-state index in [2.05, 4.69) is 6.92 Å². The summed E-state index contributed by atoms with van der Waals surface area (Å²) in [5.41, 5.74) is -5.86. The van der Waals surface area contributed by atoms with Crippen molar-refractivity contribution in [3.8, 4) is 0 Å². The number of benzene rings is 2. The molecule has 30 nitrogen and oxygen atoms in total. The van der Waals surface area contributed by atoms with Crippen LogP contribution in [-0.4, -0.2) is 263 Å². The molecule has 30 heteroatoms. The van der Waals surface area contributed by atoms with Crippen LogP contribution in [0.4, 0.5) is 19.2 Å². The van der Waals surface area contributed by atoms with Gasteiger partial charge in [-0.05, 0) is 158 Å². The molecule has 5 N–H and O–H groups in total. The number of hydrogen-bond acceptors (Lipinski definition) is 22. The van der Waals surface area contributed by atoms with Crippen LogP contribution in [0.1, 0.15) is 192 Å². The molecule has 4 unspecified atom stereocenters. The molecule has 6 amide bonds. The molecule has 594 valence electrons. The Bertz CT molecular complexity index is 3300. The predicted octanol–water partition coefficient (Wildman–Crippen LogP) is 8.29. The second-order valence-corrected chi connectivity index (χ2v) is 31.5. The van der Waals surface area contributed by atoms with Crippen LogP contribution >= 0.6 is 0 Å². The van der Waals surface area contributed by atoms with E-state index >= 15 is 0 Å². The molecule has 8 rings (SSSR count). The van der Waals surface area contributed by atoms with E-state index in [4.69, 9.17) is 48.1 Å². The number of rotatable bonds is 26. The number of carbonyl (C=O) groups is 11. The number of hydrogen-bond donors (Lipinski definition) is 5. The highest BCUT2D eigenvalue weighted by atomic mass is 16.6. The molecule has 0 saturated carbocycles. The van der Waals surface area contributed by atoms with Crippen molar-refractivity contribution in [1.82, 2.24) is 29.4 Å². The Labute approximate surface area is 622 Å². The van der Waals surface area contributed by atoms with Gasteiger partial charge in [0, 0.05) is 39.2 Å². The number of β-lactam (4-membered cyclic amide) rings is 2. The maximum Gasteiger partial charge on any atom is 0.411 e. The van der Waals surface area contributed by atoms with Crippen molar-refractivity contribution in [1.29, 1.82) is 0 Å².